The van der Waals surface area contributed by atoms with Gasteiger partial charge in [0.1, 0.15) is 5.75 Å². The van der Waals surface area contributed by atoms with Gasteiger partial charge in [0.2, 0.25) is 0 Å². The third-order valence-corrected chi connectivity index (χ3v) is 3.29. The number of benzene rings is 3. The molecule has 0 aliphatic rings. The van der Waals surface area contributed by atoms with Crippen LogP contribution in [0.4, 0.5) is 5.69 Å². The maximum absolute atomic E-state index is 5.29. The molecule has 0 aliphatic heterocycles. The fourth-order valence-electron chi connectivity index (χ4n) is 2.21. The predicted octanol–water partition coefficient (Wildman–Crippen LogP) is 4.29. The molecule has 3 rings (SSSR count). The number of para-hydroxylation sites is 1. The maximum atomic E-state index is 5.29. The fourth-order valence-corrected chi connectivity index (χ4v) is 2.21. The van der Waals surface area contributed by atoms with E-state index in [1.54, 1.807) is 13.3 Å². The molecular formula is C18H16N2O. The molecule has 0 amide bonds. The first-order valence-corrected chi connectivity index (χ1v) is 6.78. The van der Waals surface area contributed by atoms with Gasteiger partial charge in [-0.3, -0.25) is 5.43 Å². The van der Waals surface area contributed by atoms with Crippen LogP contribution in [0.1, 0.15) is 5.56 Å². The van der Waals surface area contributed by atoms with Crippen molar-refractivity contribution in [2.75, 3.05) is 12.5 Å². The number of hydrazone groups is 1. The first-order valence-electron chi connectivity index (χ1n) is 6.78. The molecule has 3 heteroatoms. The lowest BCUT2D eigenvalue weighted by molar-refractivity contribution is 0.414. The Labute approximate surface area is 123 Å². The van der Waals surface area contributed by atoms with Crippen molar-refractivity contribution < 1.29 is 4.74 Å². The van der Waals surface area contributed by atoms with Crippen LogP contribution in [0.2, 0.25) is 0 Å². The molecule has 0 spiro atoms. The van der Waals surface area contributed by atoms with Crippen LogP contribution in [-0.4, -0.2) is 13.3 Å². The monoisotopic (exact) mass is 276 g/mol. The van der Waals surface area contributed by atoms with Crippen molar-refractivity contribution in [2.24, 2.45) is 5.10 Å². The number of hydrogen-bond donors (Lipinski definition) is 1. The first-order chi connectivity index (χ1) is 10.4. The van der Waals surface area contributed by atoms with E-state index in [-0.39, 0.29) is 0 Å². The molecule has 0 heterocycles. The normalized spacial score (nSPS) is 10.9. The average Bonchev–Trinajstić information content (AvgIpc) is 2.55. The topological polar surface area (TPSA) is 33.6 Å². The van der Waals surface area contributed by atoms with Gasteiger partial charge >= 0.3 is 0 Å². The number of fused-ring (bicyclic) bond motifs is 1. The number of ether oxygens (including phenoxy) is 1. The van der Waals surface area contributed by atoms with E-state index in [1.807, 2.05) is 42.5 Å². The van der Waals surface area contributed by atoms with E-state index >= 15 is 0 Å². The fraction of sp³-hybridized carbons (Fsp3) is 0.0556. The number of methoxy groups -OCH3 is 1. The summed E-state index contributed by atoms with van der Waals surface area (Å²) in [5, 5.41) is 6.68. The van der Waals surface area contributed by atoms with E-state index in [1.165, 1.54) is 10.8 Å². The molecule has 0 atom stereocenters. The van der Waals surface area contributed by atoms with Crippen LogP contribution in [0.5, 0.6) is 5.75 Å². The Morgan fingerprint density at radius 2 is 1.67 bits per heavy atom. The van der Waals surface area contributed by atoms with Crippen molar-refractivity contribution in [1.29, 1.82) is 0 Å². The summed E-state index contributed by atoms with van der Waals surface area (Å²) in [6, 6.07) is 22.2. The SMILES string of the molecule is COc1ccccc1C=NNc1ccc2ccccc2c1. The van der Waals surface area contributed by atoms with Crippen molar-refractivity contribution in [3.63, 3.8) is 0 Å². The summed E-state index contributed by atoms with van der Waals surface area (Å²) in [6.07, 6.45) is 1.76. The summed E-state index contributed by atoms with van der Waals surface area (Å²) in [6.45, 7) is 0. The Morgan fingerprint density at radius 1 is 0.905 bits per heavy atom. The van der Waals surface area contributed by atoms with Gasteiger partial charge in [0.25, 0.3) is 0 Å². The highest BCUT2D eigenvalue weighted by Crippen LogP contribution is 2.19. The summed E-state index contributed by atoms with van der Waals surface area (Å²) in [5.41, 5.74) is 4.95. The maximum Gasteiger partial charge on any atom is 0.127 e. The average molecular weight is 276 g/mol. The van der Waals surface area contributed by atoms with E-state index < -0.39 is 0 Å². The zero-order valence-corrected chi connectivity index (χ0v) is 11.8. The lowest BCUT2D eigenvalue weighted by Gasteiger charge is -2.04. The Kier molecular flexibility index (Phi) is 3.83. The molecule has 104 valence electrons. The van der Waals surface area contributed by atoms with Gasteiger partial charge in [0.15, 0.2) is 0 Å². The molecule has 0 bridgehead atoms. The summed E-state index contributed by atoms with van der Waals surface area (Å²) in [7, 11) is 1.66. The highest BCUT2D eigenvalue weighted by atomic mass is 16.5. The predicted molar refractivity (Wildman–Crippen MR) is 88.2 cm³/mol. The molecule has 3 aromatic rings. The largest absolute Gasteiger partial charge is 0.496 e. The number of rotatable bonds is 4. The summed E-state index contributed by atoms with van der Waals surface area (Å²) in [4.78, 5) is 0. The lowest BCUT2D eigenvalue weighted by atomic mass is 10.1. The van der Waals surface area contributed by atoms with Gasteiger partial charge in [0.05, 0.1) is 19.0 Å². The van der Waals surface area contributed by atoms with E-state index in [0.717, 1.165) is 17.0 Å². The molecule has 0 radical (unpaired) electrons. The molecule has 0 aliphatic carbocycles. The quantitative estimate of drug-likeness (QED) is 0.569. The molecule has 21 heavy (non-hydrogen) atoms. The van der Waals surface area contributed by atoms with Crippen LogP contribution >= 0.6 is 0 Å². The van der Waals surface area contributed by atoms with Gasteiger partial charge in [-0.25, -0.2) is 0 Å². The van der Waals surface area contributed by atoms with E-state index in [4.69, 9.17) is 4.74 Å². The van der Waals surface area contributed by atoms with Gasteiger partial charge in [-0.1, -0.05) is 42.5 Å². The molecular weight excluding hydrogens is 260 g/mol. The Bertz CT molecular complexity index is 781. The standard InChI is InChI=1S/C18H16N2O/c1-21-18-9-5-4-8-16(18)13-19-20-17-11-10-14-6-2-3-7-15(14)12-17/h2-13,20H,1H3. The highest BCUT2D eigenvalue weighted by molar-refractivity contribution is 5.86. The summed E-state index contributed by atoms with van der Waals surface area (Å²) in [5.74, 6) is 0.807. The number of nitrogens with one attached hydrogen (secondary N) is 1. The van der Waals surface area contributed by atoms with E-state index in [0.29, 0.717) is 0 Å². The van der Waals surface area contributed by atoms with Gasteiger partial charge in [-0.15, -0.1) is 0 Å². The van der Waals surface area contributed by atoms with Gasteiger partial charge in [-0.2, -0.15) is 5.10 Å². The van der Waals surface area contributed by atoms with Crippen LogP contribution in [-0.2, 0) is 0 Å². The smallest absolute Gasteiger partial charge is 0.127 e. The Morgan fingerprint density at radius 3 is 2.52 bits per heavy atom. The third kappa shape index (κ3) is 3.03. The Balaban J connectivity index is 1.78. The number of anilines is 1. The first kappa shape index (κ1) is 13.2. The second kappa shape index (κ2) is 6.09. The number of nitrogens with zero attached hydrogens (tertiary/aromatic N) is 1. The summed E-state index contributed by atoms with van der Waals surface area (Å²) >= 11 is 0. The molecule has 0 saturated carbocycles. The van der Waals surface area contributed by atoms with Gasteiger partial charge in [-0.05, 0) is 35.0 Å². The Hall–Kier alpha value is -2.81. The van der Waals surface area contributed by atoms with Crippen molar-refractivity contribution in [1.82, 2.24) is 0 Å². The molecule has 0 unspecified atom stereocenters. The van der Waals surface area contributed by atoms with Gasteiger partial charge in [0, 0.05) is 5.56 Å². The van der Waals surface area contributed by atoms with Crippen LogP contribution in [0.3, 0.4) is 0 Å². The van der Waals surface area contributed by atoms with Crippen molar-refractivity contribution in [3.05, 3.63) is 72.3 Å². The van der Waals surface area contributed by atoms with E-state index in [2.05, 4.69) is 34.8 Å². The van der Waals surface area contributed by atoms with Crippen LogP contribution in [0.25, 0.3) is 10.8 Å². The van der Waals surface area contributed by atoms with Crippen molar-refractivity contribution in [3.8, 4) is 5.75 Å². The minimum Gasteiger partial charge on any atom is -0.496 e. The zero-order chi connectivity index (χ0) is 14.5. The molecule has 0 aromatic heterocycles. The molecule has 1 N–H and O–H groups in total. The van der Waals surface area contributed by atoms with Crippen molar-refractivity contribution in [2.45, 2.75) is 0 Å². The second-order valence-corrected chi connectivity index (χ2v) is 4.67. The van der Waals surface area contributed by atoms with Gasteiger partial charge < -0.3 is 4.74 Å². The highest BCUT2D eigenvalue weighted by Gasteiger charge is 1.98. The van der Waals surface area contributed by atoms with Crippen LogP contribution < -0.4 is 10.2 Å². The zero-order valence-electron chi connectivity index (χ0n) is 11.8. The molecule has 3 nitrogen and oxygen atoms in total. The molecule has 0 saturated heterocycles. The van der Waals surface area contributed by atoms with Crippen LogP contribution in [0.15, 0.2) is 71.8 Å². The third-order valence-electron chi connectivity index (χ3n) is 3.29. The summed E-state index contributed by atoms with van der Waals surface area (Å²) < 4.78 is 5.29. The molecule has 0 fully saturated rings. The van der Waals surface area contributed by atoms with Crippen LogP contribution in [0, 0.1) is 0 Å². The number of hydrogen-bond acceptors (Lipinski definition) is 3. The molecule has 3 aromatic carbocycles. The lowest BCUT2D eigenvalue weighted by Crippen LogP contribution is -1.93. The van der Waals surface area contributed by atoms with Crippen molar-refractivity contribution >= 4 is 22.7 Å². The van der Waals surface area contributed by atoms with E-state index in [9.17, 15) is 0 Å². The minimum atomic E-state index is 0.807. The minimum absolute atomic E-state index is 0.807. The second-order valence-electron chi connectivity index (χ2n) is 4.67.